The zero-order valence-corrected chi connectivity index (χ0v) is 17.0. The monoisotopic (exact) mass is 409 g/mol. The van der Waals surface area contributed by atoms with E-state index in [9.17, 15) is 14.7 Å². The fourth-order valence-corrected chi connectivity index (χ4v) is 4.06. The summed E-state index contributed by atoms with van der Waals surface area (Å²) in [5.41, 5.74) is 1.44. The van der Waals surface area contributed by atoms with Crippen molar-refractivity contribution in [2.24, 2.45) is 0 Å². The van der Waals surface area contributed by atoms with Crippen LogP contribution in [0.15, 0.2) is 46.4 Å². The zero-order valence-electron chi connectivity index (χ0n) is 16.2. The number of Topliss-reactive ketones (excluding diaryl/α,β-unsaturated/α-hetero) is 1. The molecule has 3 heterocycles. The Labute approximate surface area is 171 Å². The summed E-state index contributed by atoms with van der Waals surface area (Å²) in [6.07, 6.45) is 0.662. The minimum Gasteiger partial charge on any atom is -0.507 e. The predicted molar refractivity (Wildman–Crippen MR) is 109 cm³/mol. The fraction of sp³-hybridized carbons (Fsp3) is 0.238. The van der Waals surface area contributed by atoms with Crippen molar-refractivity contribution in [1.82, 2.24) is 10.2 Å². The maximum absolute atomic E-state index is 12.9. The van der Waals surface area contributed by atoms with E-state index in [1.165, 1.54) is 16.2 Å². The molecular formula is C21H19N3O4S. The number of anilines is 1. The first-order valence-electron chi connectivity index (χ1n) is 9.17. The van der Waals surface area contributed by atoms with Crippen LogP contribution in [0.3, 0.4) is 0 Å². The van der Waals surface area contributed by atoms with E-state index in [-0.39, 0.29) is 11.3 Å². The molecule has 2 aromatic heterocycles. The van der Waals surface area contributed by atoms with E-state index in [1.54, 1.807) is 31.2 Å². The number of hydrogen-bond acceptors (Lipinski definition) is 7. The lowest BCUT2D eigenvalue weighted by molar-refractivity contribution is -0.132. The van der Waals surface area contributed by atoms with Crippen molar-refractivity contribution >= 4 is 33.9 Å². The van der Waals surface area contributed by atoms with E-state index < -0.39 is 17.7 Å². The first-order chi connectivity index (χ1) is 13.9. The quantitative estimate of drug-likeness (QED) is 0.398. The molecule has 1 aliphatic heterocycles. The number of aromatic nitrogens is 2. The summed E-state index contributed by atoms with van der Waals surface area (Å²) >= 11 is 1.24. The molecule has 1 saturated heterocycles. The summed E-state index contributed by atoms with van der Waals surface area (Å²) in [5, 5.41) is 20.2. The number of hydrogen-bond donors (Lipinski definition) is 1. The van der Waals surface area contributed by atoms with Gasteiger partial charge in [0.05, 0.1) is 5.57 Å². The van der Waals surface area contributed by atoms with Crippen molar-refractivity contribution in [1.29, 1.82) is 0 Å². The second kappa shape index (κ2) is 7.29. The number of rotatable bonds is 4. The molecule has 0 bridgehead atoms. The van der Waals surface area contributed by atoms with E-state index in [4.69, 9.17) is 4.42 Å². The summed E-state index contributed by atoms with van der Waals surface area (Å²) < 4.78 is 5.75. The maximum atomic E-state index is 12.9. The third-order valence-corrected chi connectivity index (χ3v) is 5.83. The van der Waals surface area contributed by atoms with Crippen LogP contribution in [0, 0.1) is 13.8 Å². The van der Waals surface area contributed by atoms with Gasteiger partial charge in [-0.1, -0.05) is 48.1 Å². The summed E-state index contributed by atoms with van der Waals surface area (Å²) in [6, 6.07) is 9.61. The molecule has 0 spiro atoms. The topological polar surface area (TPSA) is 96.5 Å². The number of carbonyl (C=O) groups is 2. The van der Waals surface area contributed by atoms with Gasteiger partial charge >= 0.3 is 5.91 Å². The molecule has 7 nitrogen and oxygen atoms in total. The summed E-state index contributed by atoms with van der Waals surface area (Å²) in [4.78, 5) is 27.1. The van der Waals surface area contributed by atoms with Gasteiger partial charge in [-0.3, -0.25) is 14.5 Å². The third-order valence-electron chi connectivity index (χ3n) is 4.76. The molecule has 1 fully saturated rings. The van der Waals surface area contributed by atoms with E-state index in [2.05, 4.69) is 10.2 Å². The molecule has 148 valence electrons. The van der Waals surface area contributed by atoms with Gasteiger partial charge in [0.1, 0.15) is 28.3 Å². The second-order valence-corrected chi connectivity index (χ2v) is 7.86. The van der Waals surface area contributed by atoms with Crippen LogP contribution in [0.2, 0.25) is 0 Å². The van der Waals surface area contributed by atoms with Crippen LogP contribution >= 0.6 is 11.3 Å². The zero-order chi connectivity index (χ0) is 20.7. The molecule has 1 atom stereocenters. The van der Waals surface area contributed by atoms with Gasteiger partial charge in [0.2, 0.25) is 5.13 Å². The second-order valence-electron chi connectivity index (χ2n) is 6.82. The van der Waals surface area contributed by atoms with E-state index >= 15 is 0 Å². The number of furan rings is 1. The van der Waals surface area contributed by atoms with Gasteiger partial charge < -0.3 is 9.52 Å². The highest BCUT2D eigenvalue weighted by atomic mass is 32.1. The van der Waals surface area contributed by atoms with Crippen LogP contribution in [0.1, 0.15) is 40.6 Å². The number of aryl methyl sites for hydroxylation is 3. The van der Waals surface area contributed by atoms with Crippen LogP contribution in [-0.4, -0.2) is 27.0 Å². The van der Waals surface area contributed by atoms with Gasteiger partial charge in [0.15, 0.2) is 0 Å². The molecule has 1 aromatic carbocycles. The fourth-order valence-electron chi connectivity index (χ4n) is 3.25. The summed E-state index contributed by atoms with van der Waals surface area (Å²) in [7, 11) is 0. The van der Waals surface area contributed by atoms with Gasteiger partial charge in [-0.2, -0.15) is 0 Å². The Morgan fingerprint density at radius 1 is 1.14 bits per heavy atom. The van der Waals surface area contributed by atoms with E-state index in [0.717, 1.165) is 10.6 Å². The van der Waals surface area contributed by atoms with Crippen molar-refractivity contribution in [2.75, 3.05) is 4.90 Å². The number of aliphatic hydroxyl groups excluding tert-OH is 1. The van der Waals surface area contributed by atoms with Crippen LogP contribution in [-0.2, 0) is 16.0 Å². The highest BCUT2D eigenvalue weighted by molar-refractivity contribution is 7.15. The van der Waals surface area contributed by atoms with Crippen LogP contribution in [0.4, 0.5) is 5.13 Å². The molecule has 29 heavy (non-hydrogen) atoms. The maximum Gasteiger partial charge on any atom is 0.302 e. The first kappa shape index (κ1) is 19.1. The van der Waals surface area contributed by atoms with Crippen molar-refractivity contribution < 1.29 is 19.1 Å². The first-order valence-corrected chi connectivity index (χ1v) is 9.99. The van der Waals surface area contributed by atoms with Crippen LogP contribution < -0.4 is 4.90 Å². The Morgan fingerprint density at radius 3 is 2.45 bits per heavy atom. The lowest BCUT2D eigenvalue weighted by atomic mass is 9.99. The highest BCUT2D eigenvalue weighted by Crippen LogP contribution is 2.43. The van der Waals surface area contributed by atoms with Gasteiger partial charge in [-0.25, -0.2) is 0 Å². The van der Waals surface area contributed by atoms with Gasteiger partial charge in [0, 0.05) is 5.56 Å². The van der Waals surface area contributed by atoms with E-state index in [0.29, 0.717) is 28.6 Å². The molecule has 0 aliphatic carbocycles. The summed E-state index contributed by atoms with van der Waals surface area (Å²) in [5.74, 6) is -0.784. The Kier molecular flexibility index (Phi) is 4.79. The van der Waals surface area contributed by atoms with Gasteiger partial charge in [0.25, 0.3) is 5.78 Å². The Bertz CT molecular complexity index is 1130. The number of nitrogens with zero attached hydrogens (tertiary/aromatic N) is 3. The minimum atomic E-state index is -0.914. The van der Waals surface area contributed by atoms with Crippen molar-refractivity contribution in [3.05, 3.63) is 69.6 Å². The number of amides is 1. The predicted octanol–water partition coefficient (Wildman–Crippen LogP) is 3.94. The summed E-state index contributed by atoms with van der Waals surface area (Å²) in [6.45, 7) is 5.63. The molecule has 4 rings (SSSR count). The number of carbonyl (C=O) groups excluding carboxylic acids is 2. The smallest absolute Gasteiger partial charge is 0.302 e. The highest BCUT2D eigenvalue weighted by Gasteiger charge is 2.49. The largest absolute Gasteiger partial charge is 0.507 e. The van der Waals surface area contributed by atoms with Gasteiger partial charge in [-0.05, 0) is 32.4 Å². The standard InChI is InChI=1S/C21H19N3O4S/c1-4-15-22-23-21(29-15)24-17(14-10-7-12(3)28-14)16(19(26)20(24)27)18(25)13-8-5-11(2)6-9-13/h5-10,17,25H,4H2,1-3H3/b18-16+. The van der Waals surface area contributed by atoms with Gasteiger partial charge in [-0.15, -0.1) is 10.2 Å². The van der Waals surface area contributed by atoms with Crippen molar-refractivity contribution in [3.63, 3.8) is 0 Å². The van der Waals surface area contributed by atoms with Crippen LogP contribution in [0.25, 0.3) is 5.76 Å². The molecular weight excluding hydrogens is 390 g/mol. The Morgan fingerprint density at radius 2 is 1.86 bits per heavy atom. The number of benzene rings is 1. The molecule has 0 radical (unpaired) electrons. The Hall–Kier alpha value is -3.26. The average molecular weight is 409 g/mol. The van der Waals surface area contributed by atoms with Crippen molar-refractivity contribution in [2.45, 2.75) is 33.2 Å². The third kappa shape index (κ3) is 3.25. The lowest BCUT2D eigenvalue weighted by Crippen LogP contribution is -2.29. The lowest BCUT2D eigenvalue weighted by Gasteiger charge is -2.20. The molecule has 8 heteroatoms. The van der Waals surface area contributed by atoms with Crippen LogP contribution in [0.5, 0.6) is 0 Å². The SMILES string of the molecule is CCc1nnc(N2C(=O)C(=O)/C(=C(/O)c3ccc(C)cc3)C2c2ccc(C)o2)s1. The average Bonchev–Trinajstić information content (AvgIpc) is 3.41. The molecule has 3 aromatic rings. The Balaban J connectivity index is 1.91. The van der Waals surface area contributed by atoms with E-state index in [1.807, 2.05) is 26.0 Å². The number of ketones is 1. The number of aliphatic hydroxyl groups is 1. The molecule has 1 unspecified atom stereocenters. The molecule has 1 amide bonds. The molecule has 0 saturated carbocycles. The van der Waals surface area contributed by atoms with Crippen molar-refractivity contribution in [3.8, 4) is 0 Å². The minimum absolute atomic E-state index is 0.0264. The normalized spacial score (nSPS) is 18.6. The molecule has 1 N–H and O–H groups in total. The molecule has 1 aliphatic rings.